The van der Waals surface area contributed by atoms with Gasteiger partial charge in [0.1, 0.15) is 17.4 Å². The fourth-order valence-corrected chi connectivity index (χ4v) is 1.55. The summed E-state index contributed by atoms with van der Waals surface area (Å²) in [5.41, 5.74) is 0. The van der Waals surface area contributed by atoms with Gasteiger partial charge in [-0.25, -0.2) is 8.78 Å². The molecule has 0 saturated heterocycles. The first-order chi connectivity index (χ1) is 10.0. The lowest BCUT2D eigenvalue weighted by Crippen LogP contribution is -2.10. The highest BCUT2D eigenvalue weighted by atomic mass is 19.1. The zero-order valence-electron chi connectivity index (χ0n) is 11.9. The monoisotopic (exact) mass is 300 g/mol. The van der Waals surface area contributed by atoms with Crippen molar-refractivity contribution in [3.8, 4) is 5.75 Å². The van der Waals surface area contributed by atoms with E-state index in [-0.39, 0.29) is 31.0 Å². The largest absolute Gasteiger partial charge is 0.466 e. The Morgan fingerprint density at radius 2 is 1.62 bits per heavy atom. The summed E-state index contributed by atoms with van der Waals surface area (Å²) in [6.45, 7) is 2.36. The van der Waals surface area contributed by atoms with Crippen LogP contribution in [0.2, 0.25) is 0 Å². The van der Waals surface area contributed by atoms with Gasteiger partial charge in [-0.2, -0.15) is 0 Å². The van der Waals surface area contributed by atoms with Gasteiger partial charge in [0.25, 0.3) is 0 Å². The summed E-state index contributed by atoms with van der Waals surface area (Å²) in [6.07, 6.45) is 2.08. The number of benzene rings is 1. The minimum atomic E-state index is -0.822. The highest BCUT2D eigenvalue weighted by molar-refractivity contribution is 5.74. The first-order valence-corrected chi connectivity index (χ1v) is 6.83. The van der Waals surface area contributed by atoms with Crippen molar-refractivity contribution in [2.45, 2.75) is 39.0 Å². The first kappa shape index (κ1) is 17.1. The minimum absolute atomic E-state index is 0.0268. The minimum Gasteiger partial charge on any atom is -0.466 e. The van der Waals surface area contributed by atoms with Gasteiger partial charge in [-0.15, -0.1) is 0 Å². The average molecular weight is 300 g/mol. The molecule has 0 heterocycles. The predicted molar refractivity (Wildman–Crippen MR) is 71.7 cm³/mol. The Bertz CT molecular complexity index is 468. The fraction of sp³-hybridized carbons (Fsp3) is 0.467. The number of carbonyl (C=O) groups is 2. The SMILES string of the molecule is CCCCOC(=O)CCCC(=O)Oc1cc(F)cc(F)c1. The van der Waals surface area contributed by atoms with Crippen LogP contribution in [0.4, 0.5) is 8.78 Å². The molecule has 0 N–H and O–H groups in total. The third kappa shape index (κ3) is 7.39. The molecule has 0 spiro atoms. The highest BCUT2D eigenvalue weighted by Crippen LogP contribution is 2.16. The van der Waals surface area contributed by atoms with E-state index in [0.29, 0.717) is 12.7 Å². The Kier molecular flexibility index (Phi) is 7.36. The Morgan fingerprint density at radius 1 is 1.00 bits per heavy atom. The molecule has 116 valence electrons. The zero-order valence-corrected chi connectivity index (χ0v) is 11.9. The molecule has 1 aromatic rings. The van der Waals surface area contributed by atoms with Gasteiger partial charge in [0.2, 0.25) is 0 Å². The van der Waals surface area contributed by atoms with E-state index >= 15 is 0 Å². The number of rotatable bonds is 8. The lowest BCUT2D eigenvalue weighted by atomic mass is 10.2. The highest BCUT2D eigenvalue weighted by Gasteiger charge is 2.10. The van der Waals surface area contributed by atoms with Gasteiger partial charge >= 0.3 is 11.9 Å². The van der Waals surface area contributed by atoms with E-state index in [1.54, 1.807) is 0 Å². The van der Waals surface area contributed by atoms with Crippen LogP contribution in [0, 0.1) is 11.6 Å². The summed E-state index contributed by atoms with van der Waals surface area (Å²) in [6, 6.07) is 2.52. The van der Waals surface area contributed by atoms with Gasteiger partial charge in [-0.1, -0.05) is 13.3 Å². The number of hydrogen-bond donors (Lipinski definition) is 0. The molecule has 0 aromatic heterocycles. The second kappa shape index (κ2) is 9.05. The third-order valence-electron chi connectivity index (χ3n) is 2.59. The molecule has 1 rings (SSSR count). The summed E-state index contributed by atoms with van der Waals surface area (Å²) in [5.74, 6) is -2.85. The van der Waals surface area contributed by atoms with Crippen LogP contribution >= 0.6 is 0 Å². The van der Waals surface area contributed by atoms with Crippen molar-refractivity contribution in [1.82, 2.24) is 0 Å². The number of carbonyl (C=O) groups excluding carboxylic acids is 2. The van der Waals surface area contributed by atoms with Gasteiger partial charge in [0.15, 0.2) is 0 Å². The van der Waals surface area contributed by atoms with Crippen LogP contribution in [-0.4, -0.2) is 18.5 Å². The Morgan fingerprint density at radius 3 is 2.24 bits per heavy atom. The van der Waals surface area contributed by atoms with E-state index in [1.807, 2.05) is 6.92 Å². The van der Waals surface area contributed by atoms with E-state index < -0.39 is 17.6 Å². The van der Waals surface area contributed by atoms with Crippen LogP contribution in [0.25, 0.3) is 0 Å². The van der Waals surface area contributed by atoms with Crippen molar-refractivity contribution >= 4 is 11.9 Å². The van der Waals surface area contributed by atoms with Crippen molar-refractivity contribution in [2.75, 3.05) is 6.61 Å². The van der Waals surface area contributed by atoms with Crippen LogP contribution in [-0.2, 0) is 14.3 Å². The van der Waals surface area contributed by atoms with Crippen molar-refractivity contribution in [2.24, 2.45) is 0 Å². The smallest absolute Gasteiger partial charge is 0.311 e. The number of halogens is 2. The second-order valence-electron chi connectivity index (χ2n) is 4.51. The molecule has 0 aliphatic carbocycles. The molecule has 0 radical (unpaired) electrons. The maximum absolute atomic E-state index is 12.9. The first-order valence-electron chi connectivity index (χ1n) is 6.83. The van der Waals surface area contributed by atoms with E-state index in [4.69, 9.17) is 9.47 Å². The molecule has 4 nitrogen and oxygen atoms in total. The summed E-state index contributed by atoms with van der Waals surface area (Å²) in [5, 5.41) is 0. The van der Waals surface area contributed by atoms with Crippen molar-refractivity contribution in [3.63, 3.8) is 0 Å². The van der Waals surface area contributed by atoms with Crippen LogP contribution in [0.15, 0.2) is 18.2 Å². The Labute approximate surface area is 122 Å². The van der Waals surface area contributed by atoms with Crippen LogP contribution < -0.4 is 4.74 Å². The molecule has 0 atom stereocenters. The van der Waals surface area contributed by atoms with Gasteiger partial charge in [0.05, 0.1) is 6.61 Å². The third-order valence-corrected chi connectivity index (χ3v) is 2.59. The maximum atomic E-state index is 12.9. The summed E-state index contributed by atoms with van der Waals surface area (Å²) in [4.78, 5) is 22.7. The van der Waals surface area contributed by atoms with Gasteiger partial charge in [-0.3, -0.25) is 9.59 Å². The molecule has 21 heavy (non-hydrogen) atoms. The summed E-state index contributed by atoms with van der Waals surface area (Å²) < 4.78 is 35.5. The molecule has 0 fully saturated rings. The quantitative estimate of drug-likeness (QED) is 0.419. The molecule has 0 amide bonds. The summed E-state index contributed by atoms with van der Waals surface area (Å²) in [7, 11) is 0. The number of esters is 2. The van der Waals surface area contributed by atoms with E-state index in [9.17, 15) is 18.4 Å². The number of unbranched alkanes of at least 4 members (excludes halogenated alkanes) is 1. The average Bonchev–Trinajstić information content (AvgIpc) is 2.37. The fourth-order valence-electron chi connectivity index (χ4n) is 1.55. The summed E-state index contributed by atoms with van der Waals surface area (Å²) >= 11 is 0. The van der Waals surface area contributed by atoms with Crippen molar-refractivity contribution < 1.29 is 27.8 Å². The van der Waals surface area contributed by atoms with Crippen LogP contribution in [0.5, 0.6) is 5.75 Å². The van der Waals surface area contributed by atoms with Crippen molar-refractivity contribution in [3.05, 3.63) is 29.8 Å². The lowest BCUT2D eigenvalue weighted by Gasteiger charge is -2.05. The molecule has 6 heteroatoms. The molecule has 0 aliphatic rings. The van der Waals surface area contributed by atoms with Gasteiger partial charge in [-0.05, 0) is 12.8 Å². The molecule has 0 unspecified atom stereocenters. The Hall–Kier alpha value is -1.98. The second-order valence-corrected chi connectivity index (χ2v) is 4.51. The number of ether oxygens (including phenoxy) is 2. The van der Waals surface area contributed by atoms with E-state index in [2.05, 4.69) is 0 Å². The topological polar surface area (TPSA) is 52.6 Å². The van der Waals surface area contributed by atoms with Gasteiger partial charge < -0.3 is 9.47 Å². The Balaban J connectivity index is 2.26. The standard InChI is InChI=1S/C15H18F2O4/c1-2-3-7-20-14(18)5-4-6-15(19)21-13-9-11(16)8-12(17)10-13/h8-10H,2-7H2,1H3. The molecular weight excluding hydrogens is 282 g/mol. The van der Waals surface area contributed by atoms with Crippen molar-refractivity contribution in [1.29, 1.82) is 0 Å². The molecule has 0 saturated carbocycles. The zero-order chi connectivity index (χ0) is 15.7. The molecule has 0 bridgehead atoms. The number of hydrogen-bond acceptors (Lipinski definition) is 4. The molecular formula is C15H18F2O4. The van der Waals surface area contributed by atoms with E-state index in [1.165, 1.54) is 0 Å². The lowest BCUT2D eigenvalue weighted by molar-refractivity contribution is -0.144. The van der Waals surface area contributed by atoms with E-state index in [0.717, 1.165) is 25.0 Å². The maximum Gasteiger partial charge on any atom is 0.311 e. The predicted octanol–water partition coefficient (Wildman–Crippen LogP) is 3.38. The normalized spacial score (nSPS) is 10.2. The van der Waals surface area contributed by atoms with Crippen LogP contribution in [0.3, 0.4) is 0 Å². The van der Waals surface area contributed by atoms with Gasteiger partial charge in [0, 0.05) is 31.0 Å². The molecule has 0 aliphatic heterocycles. The van der Waals surface area contributed by atoms with Crippen LogP contribution in [0.1, 0.15) is 39.0 Å². The molecule has 1 aromatic carbocycles.